The molecule has 8 heteroatoms. The van der Waals surface area contributed by atoms with Crippen LogP contribution >= 0.6 is 11.8 Å². The minimum Gasteiger partial charge on any atom is -0.391 e. The monoisotopic (exact) mass is 370 g/mol. The molecule has 0 aromatic carbocycles. The smallest absolute Gasteiger partial charge is 0.137 e. The molecule has 4 rings (SSSR count). The third kappa shape index (κ3) is 3.34. The molecular weight excluding hydrogens is 348 g/mol. The normalized spacial score (nSPS) is 28.7. The van der Waals surface area contributed by atoms with Crippen molar-refractivity contribution in [1.82, 2.24) is 24.6 Å². The first-order chi connectivity index (χ1) is 12.7. The molecule has 2 aromatic heterocycles. The Hall–Kier alpha value is -1.95. The third-order valence-electron chi connectivity index (χ3n) is 5.58. The van der Waals surface area contributed by atoms with Gasteiger partial charge in [-0.15, -0.1) is 11.8 Å². The number of nitriles is 1. The number of rotatable bonds is 4. The molecular formula is C18H22N6OS. The second-order valence-electron chi connectivity index (χ2n) is 7.17. The number of likely N-dealkylation sites (tertiary alicyclic amines) is 1. The van der Waals surface area contributed by atoms with Gasteiger partial charge in [-0.25, -0.2) is 14.6 Å². The highest BCUT2D eigenvalue weighted by molar-refractivity contribution is 7.98. The van der Waals surface area contributed by atoms with Crippen LogP contribution in [0.1, 0.15) is 30.1 Å². The Morgan fingerprint density at radius 1 is 1.31 bits per heavy atom. The van der Waals surface area contributed by atoms with Gasteiger partial charge in [-0.2, -0.15) is 10.4 Å². The van der Waals surface area contributed by atoms with Gasteiger partial charge in [0.25, 0.3) is 0 Å². The van der Waals surface area contributed by atoms with E-state index in [9.17, 15) is 5.11 Å². The van der Waals surface area contributed by atoms with Crippen LogP contribution in [0.15, 0.2) is 29.8 Å². The Balaban J connectivity index is 1.43. The number of aliphatic hydroxyl groups is 1. The van der Waals surface area contributed by atoms with Crippen LogP contribution in [0.5, 0.6) is 0 Å². The van der Waals surface area contributed by atoms with Crippen molar-refractivity contribution >= 4 is 11.8 Å². The van der Waals surface area contributed by atoms with Crippen LogP contribution in [-0.2, 0) is 6.54 Å². The summed E-state index contributed by atoms with van der Waals surface area (Å²) in [4.78, 5) is 11.1. The van der Waals surface area contributed by atoms with Crippen LogP contribution in [0.3, 0.4) is 0 Å². The lowest BCUT2D eigenvalue weighted by Crippen LogP contribution is -2.36. The molecule has 7 nitrogen and oxygen atoms in total. The summed E-state index contributed by atoms with van der Waals surface area (Å²) in [6.45, 7) is 2.79. The van der Waals surface area contributed by atoms with Gasteiger partial charge < -0.3 is 5.11 Å². The van der Waals surface area contributed by atoms with Crippen LogP contribution in [-0.4, -0.2) is 55.2 Å². The molecule has 2 aliphatic rings. The van der Waals surface area contributed by atoms with Crippen molar-refractivity contribution in [1.29, 1.82) is 5.26 Å². The number of aliphatic hydroxyl groups excluding tert-OH is 1. The van der Waals surface area contributed by atoms with Crippen LogP contribution in [0.25, 0.3) is 0 Å². The molecule has 1 aliphatic heterocycles. The van der Waals surface area contributed by atoms with Crippen molar-refractivity contribution in [3.8, 4) is 6.07 Å². The molecule has 1 saturated heterocycles. The zero-order chi connectivity index (χ0) is 18.1. The molecule has 136 valence electrons. The van der Waals surface area contributed by atoms with Gasteiger partial charge in [-0.05, 0) is 43.1 Å². The highest BCUT2D eigenvalue weighted by atomic mass is 32.2. The fraction of sp³-hybridized carbons (Fsp3) is 0.556. The first kappa shape index (κ1) is 17.5. The summed E-state index contributed by atoms with van der Waals surface area (Å²) in [6, 6.07) is 6.03. The summed E-state index contributed by atoms with van der Waals surface area (Å²) in [5, 5.41) is 24.7. The van der Waals surface area contributed by atoms with E-state index in [1.54, 1.807) is 11.0 Å². The molecule has 2 aromatic rings. The molecule has 0 spiro atoms. The third-order valence-corrected chi connectivity index (χ3v) is 6.28. The van der Waals surface area contributed by atoms with E-state index in [2.05, 4.69) is 26.0 Å². The van der Waals surface area contributed by atoms with Crippen molar-refractivity contribution in [3.63, 3.8) is 0 Å². The molecule has 2 fully saturated rings. The predicted molar refractivity (Wildman–Crippen MR) is 97.3 cm³/mol. The molecule has 4 atom stereocenters. The molecule has 0 unspecified atom stereocenters. The van der Waals surface area contributed by atoms with Crippen molar-refractivity contribution in [3.05, 3.63) is 36.0 Å². The molecule has 1 aliphatic carbocycles. The first-order valence-corrected chi connectivity index (χ1v) is 10.1. The van der Waals surface area contributed by atoms with Gasteiger partial charge in [0.05, 0.1) is 23.4 Å². The predicted octanol–water partition coefficient (Wildman–Crippen LogP) is 1.71. The van der Waals surface area contributed by atoms with E-state index in [-0.39, 0.29) is 12.1 Å². The van der Waals surface area contributed by atoms with Crippen LogP contribution in [0.4, 0.5) is 0 Å². The number of hydrogen-bond acceptors (Lipinski definition) is 7. The maximum Gasteiger partial charge on any atom is 0.137 e. The Morgan fingerprint density at radius 3 is 2.81 bits per heavy atom. The maximum absolute atomic E-state index is 10.5. The summed E-state index contributed by atoms with van der Waals surface area (Å²) in [5.74, 6) is 1.08. The van der Waals surface area contributed by atoms with Crippen molar-refractivity contribution in [2.24, 2.45) is 11.8 Å². The number of hydrogen-bond donors (Lipinski definition) is 1. The average Bonchev–Trinajstić information content (AvgIpc) is 3.30. The van der Waals surface area contributed by atoms with Crippen LogP contribution in [0.2, 0.25) is 0 Å². The molecule has 0 amide bonds. The molecule has 26 heavy (non-hydrogen) atoms. The quantitative estimate of drug-likeness (QED) is 0.819. The topological polar surface area (TPSA) is 90.9 Å². The Morgan fingerprint density at radius 2 is 2.12 bits per heavy atom. The van der Waals surface area contributed by atoms with E-state index in [1.807, 2.05) is 18.4 Å². The Bertz CT molecular complexity index is 805. The molecule has 0 bridgehead atoms. The molecule has 1 saturated carbocycles. The molecule has 1 N–H and O–H groups in total. The lowest BCUT2D eigenvalue weighted by molar-refractivity contribution is 0.0304. The summed E-state index contributed by atoms with van der Waals surface area (Å²) < 4.78 is 1.80. The van der Waals surface area contributed by atoms with Crippen molar-refractivity contribution < 1.29 is 5.11 Å². The summed E-state index contributed by atoms with van der Waals surface area (Å²) in [6.07, 6.45) is 6.55. The minimum atomic E-state index is -0.367. The summed E-state index contributed by atoms with van der Waals surface area (Å²) in [5.41, 5.74) is 1.63. The summed E-state index contributed by atoms with van der Waals surface area (Å²) in [7, 11) is 0. The van der Waals surface area contributed by atoms with Gasteiger partial charge in [-0.3, -0.25) is 4.90 Å². The van der Waals surface area contributed by atoms with Gasteiger partial charge in [0, 0.05) is 19.6 Å². The van der Waals surface area contributed by atoms with Gasteiger partial charge in [0.1, 0.15) is 23.7 Å². The second kappa shape index (κ2) is 7.35. The SMILES string of the molecule is CSc1nc(CN2C[C@H]3C[C@@H](n4cncn4)[C@H](O)C[C@H]3C2)ccc1C#N. The van der Waals surface area contributed by atoms with Crippen molar-refractivity contribution in [2.75, 3.05) is 19.3 Å². The number of fused-ring (bicyclic) bond motifs is 1. The Labute approximate surface area is 157 Å². The molecule has 3 heterocycles. The number of thioether (sulfide) groups is 1. The maximum atomic E-state index is 10.5. The fourth-order valence-electron chi connectivity index (χ4n) is 4.34. The fourth-order valence-corrected chi connectivity index (χ4v) is 4.89. The minimum absolute atomic E-state index is 0.0230. The van der Waals surface area contributed by atoms with E-state index in [0.29, 0.717) is 17.4 Å². The van der Waals surface area contributed by atoms with E-state index in [0.717, 1.165) is 43.2 Å². The lowest BCUT2D eigenvalue weighted by atomic mass is 9.77. The summed E-state index contributed by atoms with van der Waals surface area (Å²) >= 11 is 1.51. The zero-order valence-electron chi connectivity index (χ0n) is 14.7. The van der Waals surface area contributed by atoms with Gasteiger partial charge in [-0.1, -0.05) is 0 Å². The number of aromatic nitrogens is 4. The van der Waals surface area contributed by atoms with Crippen molar-refractivity contribution in [2.45, 2.75) is 36.6 Å². The van der Waals surface area contributed by atoms with Crippen LogP contribution in [0, 0.1) is 23.2 Å². The first-order valence-electron chi connectivity index (χ1n) is 8.86. The molecule has 0 radical (unpaired) electrons. The number of pyridine rings is 1. The zero-order valence-corrected chi connectivity index (χ0v) is 15.5. The highest BCUT2D eigenvalue weighted by Crippen LogP contribution is 2.41. The van der Waals surface area contributed by atoms with E-state index in [1.165, 1.54) is 18.1 Å². The van der Waals surface area contributed by atoms with E-state index in [4.69, 9.17) is 5.26 Å². The van der Waals surface area contributed by atoms with Crippen LogP contribution < -0.4 is 0 Å². The second-order valence-corrected chi connectivity index (χ2v) is 7.96. The van der Waals surface area contributed by atoms with E-state index < -0.39 is 0 Å². The highest BCUT2D eigenvalue weighted by Gasteiger charge is 2.42. The average molecular weight is 370 g/mol. The largest absolute Gasteiger partial charge is 0.391 e. The number of nitrogens with zero attached hydrogens (tertiary/aromatic N) is 6. The van der Waals surface area contributed by atoms with Gasteiger partial charge >= 0.3 is 0 Å². The lowest BCUT2D eigenvalue weighted by Gasteiger charge is -2.35. The van der Waals surface area contributed by atoms with Gasteiger partial charge in [0.2, 0.25) is 0 Å². The van der Waals surface area contributed by atoms with E-state index >= 15 is 0 Å². The standard InChI is InChI=1S/C18H22N6OS/c1-26-18-12(6-19)2-3-15(22-18)9-23-7-13-4-16(24-11-20-10-21-24)17(25)5-14(13)8-23/h2-3,10-11,13-14,16-17,25H,4-5,7-9H2,1H3/t13-,14+,16-,17-/m1/s1. The Kier molecular flexibility index (Phi) is 4.94. The van der Waals surface area contributed by atoms with Gasteiger partial charge in [0.15, 0.2) is 0 Å².